The molecule has 2 aromatic rings. The van der Waals surface area contributed by atoms with E-state index in [0.717, 1.165) is 18.1 Å². The molecule has 0 unspecified atom stereocenters. The van der Waals surface area contributed by atoms with E-state index in [9.17, 15) is 9.50 Å². The van der Waals surface area contributed by atoms with Gasteiger partial charge in [-0.1, -0.05) is 0 Å². The molecule has 1 fully saturated rings. The lowest BCUT2D eigenvalue weighted by Crippen LogP contribution is -2.23. The maximum Gasteiger partial charge on any atom is 0.225 e. The van der Waals surface area contributed by atoms with Crippen LogP contribution in [0.2, 0.25) is 0 Å². The summed E-state index contributed by atoms with van der Waals surface area (Å²) in [6.45, 7) is 1.06. The van der Waals surface area contributed by atoms with Gasteiger partial charge in [0.05, 0.1) is 24.2 Å². The van der Waals surface area contributed by atoms with Crippen LogP contribution in [0, 0.1) is 11.7 Å². The molecule has 1 aliphatic heterocycles. The second-order valence-electron chi connectivity index (χ2n) is 4.83. The van der Waals surface area contributed by atoms with Crippen molar-refractivity contribution in [1.82, 2.24) is 19.9 Å². The summed E-state index contributed by atoms with van der Waals surface area (Å²) in [5.74, 6) is 0.0112. The van der Waals surface area contributed by atoms with Crippen molar-refractivity contribution < 1.29 is 9.50 Å². The molecule has 1 aliphatic rings. The second-order valence-corrected chi connectivity index (χ2v) is 4.83. The van der Waals surface area contributed by atoms with Crippen LogP contribution in [0.4, 0.5) is 10.3 Å². The fourth-order valence-electron chi connectivity index (χ4n) is 2.39. The van der Waals surface area contributed by atoms with Crippen molar-refractivity contribution in [3.8, 4) is 0 Å². The first-order chi connectivity index (χ1) is 9.72. The van der Waals surface area contributed by atoms with Gasteiger partial charge in [-0.05, 0) is 6.42 Å². The molecule has 104 valence electrons. The molecule has 7 heteroatoms. The quantitative estimate of drug-likeness (QED) is 0.876. The predicted octanol–water partition coefficient (Wildman–Crippen LogP) is 0.446. The number of hydrogen-bond donors (Lipinski definition) is 1. The minimum absolute atomic E-state index is 0.0420. The molecule has 0 aromatic carbocycles. The standard InChI is InChI=1S/C13H14FN5O/c14-10-4-17-13(18-5-10)19-7-9(12(20)8-19)3-11-6-15-1-2-16-11/h1-2,4-6,9,12,20H,3,7-8H2/t9-,12-/m1/s1. The lowest BCUT2D eigenvalue weighted by Gasteiger charge is -2.15. The summed E-state index contributed by atoms with van der Waals surface area (Å²) in [7, 11) is 0. The third-order valence-electron chi connectivity index (χ3n) is 3.38. The van der Waals surface area contributed by atoms with Crippen LogP contribution in [0.3, 0.4) is 0 Å². The van der Waals surface area contributed by atoms with Crippen LogP contribution >= 0.6 is 0 Å². The number of anilines is 1. The zero-order chi connectivity index (χ0) is 13.9. The summed E-state index contributed by atoms with van der Waals surface area (Å²) >= 11 is 0. The Morgan fingerprint density at radius 3 is 2.65 bits per heavy atom. The van der Waals surface area contributed by atoms with Gasteiger partial charge in [-0.3, -0.25) is 9.97 Å². The molecular weight excluding hydrogens is 261 g/mol. The Labute approximate surface area is 115 Å². The van der Waals surface area contributed by atoms with Crippen LogP contribution in [0.5, 0.6) is 0 Å². The topological polar surface area (TPSA) is 75.0 Å². The number of β-amino-alcohol motifs (C(OH)–C–C–N with tert-alkyl or cyclic N) is 1. The average Bonchev–Trinajstić information content (AvgIpc) is 2.82. The van der Waals surface area contributed by atoms with E-state index in [0.29, 0.717) is 25.5 Å². The molecule has 3 rings (SSSR count). The van der Waals surface area contributed by atoms with Crippen molar-refractivity contribution >= 4 is 5.95 Å². The number of rotatable bonds is 3. The van der Waals surface area contributed by atoms with Crippen LogP contribution < -0.4 is 4.90 Å². The Bertz CT molecular complexity index is 565. The van der Waals surface area contributed by atoms with E-state index in [1.165, 1.54) is 0 Å². The molecule has 3 heterocycles. The number of aliphatic hydroxyl groups is 1. The highest BCUT2D eigenvalue weighted by Gasteiger charge is 2.32. The van der Waals surface area contributed by atoms with Crippen molar-refractivity contribution in [3.63, 3.8) is 0 Å². The van der Waals surface area contributed by atoms with E-state index < -0.39 is 11.9 Å². The molecule has 0 aliphatic carbocycles. The van der Waals surface area contributed by atoms with Crippen molar-refractivity contribution in [3.05, 3.63) is 42.5 Å². The van der Waals surface area contributed by atoms with Crippen molar-refractivity contribution in [2.75, 3.05) is 18.0 Å². The predicted molar refractivity (Wildman–Crippen MR) is 69.4 cm³/mol. The largest absolute Gasteiger partial charge is 0.391 e. The normalized spacial score (nSPS) is 22.2. The monoisotopic (exact) mass is 275 g/mol. The SMILES string of the molecule is O[C@@H]1CN(c2ncc(F)cn2)C[C@H]1Cc1cnccn1. The first-order valence-corrected chi connectivity index (χ1v) is 6.38. The smallest absolute Gasteiger partial charge is 0.225 e. The number of aliphatic hydroxyl groups excluding tert-OH is 1. The highest BCUT2D eigenvalue weighted by molar-refractivity contribution is 5.31. The van der Waals surface area contributed by atoms with Crippen molar-refractivity contribution in [1.29, 1.82) is 0 Å². The number of halogens is 1. The van der Waals surface area contributed by atoms with Gasteiger partial charge in [0.1, 0.15) is 0 Å². The van der Waals surface area contributed by atoms with Crippen molar-refractivity contribution in [2.24, 2.45) is 5.92 Å². The van der Waals surface area contributed by atoms with Gasteiger partial charge in [-0.2, -0.15) is 0 Å². The molecule has 0 radical (unpaired) electrons. The van der Waals surface area contributed by atoms with Crippen LogP contribution in [-0.2, 0) is 6.42 Å². The molecule has 1 saturated heterocycles. The third-order valence-corrected chi connectivity index (χ3v) is 3.38. The van der Waals surface area contributed by atoms with Gasteiger partial charge in [0.25, 0.3) is 0 Å². The maximum absolute atomic E-state index is 12.8. The molecule has 0 amide bonds. The molecule has 0 saturated carbocycles. The first kappa shape index (κ1) is 12.9. The molecule has 0 spiro atoms. The maximum atomic E-state index is 12.8. The highest BCUT2D eigenvalue weighted by atomic mass is 19.1. The Morgan fingerprint density at radius 2 is 1.95 bits per heavy atom. The number of hydrogen-bond acceptors (Lipinski definition) is 6. The highest BCUT2D eigenvalue weighted by Crippen LogP contribution is 2.23. The fraction of sp³-hybridized carbons (Fsp3) is 0.385. The average molecular weight is 275 g/mol. The van der Waals surface area contributed by atoms with Gasteiger partial charge in [0.2, 0.25) is 5.95 Å². The van der Waals surface area contributed by atoms with Gasteiger partial charge >= 0.3 is 0 Å². The van der Waals surface area contributed by atoms with Crippen LogP contribution in [0.25, 0.3) is 0 Å². The van der Waals surface area contributed by atoms with Gasteiger partial charge in [-0.15, -0.1) is 0 Å². The van der Waals surface area contributed by atoms with E-state index in [-0.39, 0.29) is 5.92 Å². The fourth-order valence-corrected chi connectivity index (χ4v) is 2.39. The summed E-state index contributed by atoms with van der Waals surface area (Å²) in [4.78, 5) is 18.0. The van der Waals surface area contributed by atoms with Gasteiger partial charge in [0.15, 0.2) is 5.82 Å². The van der Waals surface area contributed by atoms with Crippen LogP contribution in [-0.4, -0.2) is 44.2 Å². The van der Waals surface area contributed by atoms with E-state index in [2.05, 4.69) is 19.9 Å². The Kier molecular flexibility index (Phi) is 3.51. The molecule has 2 atom stereocenters. The van der Waals surface area contributed by atoms with Crippen molar-refractivity contribution in [2.45, 2.75) is 12.5 Å². The van der Waals surface area contributed by atoms with Crippen LogP contribution in [0.1, 0.15) is 5.69 Å². The molecule has 0 bridgehead atoms. The minimum Gasteiger partial charge on any atom is -0.391 e. The summed E-state index contributed by atoms with van der Waals surface area (Å²) in [5.41, 5.74) is 0.846. The van der Waals surface area contributed by atoms with Gasteiger partial charge < -0.3 is 10.0 Å². The van der Waals surface area contributed by atoms with E-state index >= 15 is 0 Å². The second kappa shape index (κ2) is 5.46. The minimum atomic E-state index is -0.481. The molecule has 1 N–H and O–H groups in total. The number of aromatic nitrogens is 4. The summed E-state index contributed by atoms with van der Waals surface area (Å²) in [6, 6.07) is 0. The van der Waals surface area contributed by atoms with E-state index in [1.54, 1.807) is 18.6 Å². The molecular formula is C13H14FN5O. The summed E-state index contributed by atoms with van der Waals surface area (Å²) in [5, 5.41) is 10.1. The molecule has 2 aromatic heterocycles. The Balaban J connectivity index is 1.69. The summed E-state index contributed by atoms with van der Waals surface area (Å²) < 4.78 is 12.8. The third kappa shape index (κ3) is 2.72. The van der Waals surface area contributed by atoms with E-state index in [1.807, 2.05) is 4.90 Å². The summed E-state index contributed by atoms with van der Waals surface area (Å²) in [6.07, 6.45) is 7.38. The Hall–Kier alpha value is -2.15. The zero-order valence-electron chi connectivity index (χ0n) is 10.7. The molecule has 6 nitrogen and oxygen atoms in total. The van der Waals surface area contributed by atoms with Gasteiger partial charge in [0, 0.05) is 37.6 Å². The zero-order valence-corrected chi connectivity index (χ0v) is 10.7. The number of nitrogens with zero attached hydrogens (tertiary/aromatic N) is 5. The lowest BCUT2D eigenvalue weighted by atomic mass is 10.0. The van der Waals surface area contributed by atoms with Crippen LogP contribution in [0.15, 0.2) is 31.0 Å². The van der Waals surface area contributed by atoms with Gasteiger partial charge in [-0.25, -0.2) is 14.4 Å². The molecule has 20 heavy (non-hydrogen) atoms. The lowest BCUT2D eigenvalue weighted by molar-refractivity contribution is 0.147. The van der Waals surface area contributed by atoms with E-state index in [4.69, 9.17) is 0 Å². The first-order valence-electron chi connectivity index (χ1n) is 6.38. The Morgan fingerprint density at radius 1 is 1.15 bits per heavy atom.